The Balaban J connectivity index is 1.83. The van der Waals surface area contributed by atoms with E-state index in [0.29, 0.717) is 23.1 Å². The molecule has 1 aromatic heterocycles. The molecule has 1 aliphatic heterocycles. The molecule has 1 aliphatic rings. The molecule has 0 bridgehead atoms. The second-order valence-electron chi connectivity index (χ2n) is 7.23. The van der Waals surface area contributed by atoms with Gasteiger partial charge in [0.25, 0.3) is 5.91 Å². The molecule has 0 spiro atoms. The van der Waals surface area contributed by atoms with Crippen molar-refractivity contribution in [1.29, 1.82) is 0 Å². The molecule has 0 radical (unpaired) electrons. The number of ether oxygens (including phenoxy) is 1. The van der Waals surface area contributed by atoms with Crippen molar-refractivity contribution in [1.82, 2.24) is 4.57 Å². The number of aromatic carboxylic acids is 1. The zero-order valence-corrected chi connectivity index (χ0v) is 16.5. The molecule has 2 amide bonds. The van der Waals surface area contributed by atoms with Gasteiger partial charge in [0.1, 0.15) is 22.9 Å². The third kappa shape index (κ3) is 4.02. The van der Waals surface area contributed by atoms with Gasteiger partial charge in [-0.05, 0) is 29.8 Å². The minimum Gasteiger partial charge on any atom is -0.484 e. The number of primary amides is 1. The first kappa shape index (κ1) is 21.0. The number of carbonyl (C=O) groups excluding carboxylic acids is 2. The van der Waals surface area contributed by atoms with Crippen LogP contribution in [0.25, 0.3) is 5.69 Å². The van der Waals surface area contributed by atoms with Crippen LogP contribution in [0.2, 0.25) is 0 Å². The molecular weight excluding hydrogens is 424 g/mol. The second kappa shape index (κ2) is 8.14. The van der Waals surface area contributed by atoms with Crippen molar-refractivity contribution < 1.29 is 33.0 Å². The minimum atomic E-state index is -1.30. The number of carboxylic acids is 1. The Bertz CT molecular complexity index is 1220. The lowest BCUT2D eigenvalue weighted by atomic mass is 9.88. The maximum Gasteiger partial charge on any atom is 0.339 e. The molecule has 0 saturated carbocycles. The number of nitrogens with zero attached hydrogens (tertiary/aromatic N) is 1. The van der Waals surface area contributed by atoms with Crippen LogP contribution in [0.4, 0.5) is 14.5 Å². The van der Waals surface area contributed by atoms with Gasteiger partial charge in [0, 0.05) is 24.6 Å². The molecular formula is C22H17F2N3O5. The van der Waals surface area contributed by atoms with E-state index in [0.717, 1.165) is 12.1 Å². The van der Waals surface area contributed by atoms with Crippen LogP contribution in [0.15, 0.2) is 48.7 Å². The summed E-state index contributed by atoms with van der Waals surface area (Å²) >= 11 is 0. The number of benzene rings is 2. The largest absolute Gasteiger partial charge is 0.484 e. The average Bonchev–Trinajstić information content (AvgIpc) is 3.11. The number of hydrogen-bond acceptors (Lipinski definition) is 4. The standard InChI is InChI=1S/C22H17F2N3O5/c23-12-5-13(24)7-14(6-12)27-9-17(22(30)31)20-21(27)16(8-19(29)26-20)11-1-3-15(4-2-11)32-10-18(25)28/h1-7,9,16H,8,10H2,(H2,25,28)(H,26,29)(H,30,31)/t16-/m0/s1. The molecule has 0 fully saturated rings. The summed E-state index contributed by atoms with van der Waals surface area (Å²) in [6.45, 7) is -0.300. The van der Waals surface area contributed by atoms with Gasteiger partial charge in [-0.2, -0.15) is 0 Å². The molecule has 1 atom stereocenters. The molecule has 164 valence electrons. The van der Waals surface area contributed by atoms with Crippen LogP contribution in [-0.2, 0) is 9.59 Å². The van der Waals surface area contributed by atoms with Crippen molar-refractivity contribution in [2.24, 2.45) is 5.73 Å². The Labute approximate surface area is 180 Å². The van der Waals surface area contributed by atoms with Gasteiger partial charge in [0.05, 0.1) is 17.1 Å². The second-order valence-corrected chi connectivity index (χ2v) is 7.23. The molecule has 4 N–H and O–H groups in total. The third-order valence-corrected chi connectivity index (χ3v) is 5.05. The molecule has 3 aromatic rings. The Kier molecular flexibility index (Phi) is 5.35. The smallest absolute Gasteiger partial charge is 0.339 e. The highest BCUT2D eigenvalue weighted by atomic mass is 19.1. The Morgan fingerprint density at radius 2 is 1.81 bits per heavy atom. The Morgan fingerprint density at radius 3 is 2.41 bits per heavy atom. The Hall–Kier alpha value is -4.21. The van der Waals surface area contributed by atoms with E-state index < -0.39 is 35.3 Å². The van der Waals surface area contributed by atoms with Crippen LogP contribution in [0.5, 0.6) is 5.75 Å². The summed E-state index contributed by atoms with van der Waals surface area (Å²) in [7, 11) is 0. The molecule has 10 heteroatoms. The number of fused-ring (bicyclic) bond motifs is 1. The zero-order valence-electron chi connectivity index (χ0n) is 16.5. The minimum absolute atomic E-state index is 0.0185. The first-order valence-corrected chi connectivity index (χ1v) is 9.49. The number of hydrogen-bond donors (Lipinski definition) is 3. The monoisotopic (exact) mass is 441 g/mol. The molecule has 2 heterocycles. The predicted molar refractivity (Wildman–Crippen MR) is 109 cm³/mol. The summed E-state index contributed by atoms with van der Waals surface area (Å²) in [5.41, 5.74) is 6.02. The lowest BCUT2D eigenvalue weighted by molar-refractivity contribution is -0.120. The van der Waals surface area contributed by atoms with Crippen molar-refractivity contribution >= 4 is 23.5 Å². The van der Waals surface area contributed by atoms with E-state index in [1.807, 2.05) is 0 Å². The molecule has 0 aliphatic carbocycles. The van der Waals surface area contributed by atoms with E-state index in [1.165, 1.54) is 10.8 Å². The van der Waals surface area contributed by atoms with Crippen LogP contribution in [0.1, 0.15) is 34.0 Å². The fourth-order valence-electron chi connectivity index (χ4n) is 3.75. The lowest BCUT2D eigenvalue weighted by Gasteiger charge is -2.26. The van der Waals surface area contributed by atoms with Crippen LogP contribution >= 0.6 is 0 Å². The highest BCUT2D eigenvalue weighted by Crippen LogP contribution is 2.42. The Morgan fingerprint density at radius 1 is 1.16 bits per heavy atom. The highest BCUT2D eigenvalue weighted by Gasteiger charge is 2.34. The zero-order chi connectivity index (χ0) is 23.0. The van der Waals surface area contributed by atoms with Gasteiger partial charge >= 0.3 is 5.97 Å². The number of anilines is 1. The molecule has 2 aromatic carbocycles. The molecule has 32 heavy (non-hydrogen) atoms. The van der Waals surface area contributed by atoms with Gasteiger partial charge in [0.2, 0.25) is 5.91 Å². The number of aromatic nitrogens is 1. The maximum absolute atomic E-state index is 13.9. The summed E-state index contributed by atoms with van der Waals surface area (Å²) < 4.78 is 34.4. The van der Waals surface area contributed by atoms with E-state index in [1.54, 1.807) is 24.3 Å². The number of rotatable bonds is 6. The highest BCUT2D eigenvalue weighted by molar-refractivity contribution is 6.04. The summed E-state index contributed by atoms with van der Waals surface area (Å²) in [5, 5.41) is 12.2. The van der Waals surface area contributed by atoms with Crippen molar-refractivity contribution in [2.75, 3.05) is 11.9 Å². The number of carbonyl (C=O) groups is 3. The van der Waals surface area contributed by atoms with E-state index in [9.17, 15) is 28.3 Å². The quantitative estimate of drug-likeness (QED) is 0.543. The first-order chi connectivity index (χ1) is 15.2. The lowest BCUT2D eigenvalue weighted by Crippen LogP contribution is -2.25. The van der Waals surface area contributed by atoms with Crippen molar-refractivity contribution in [3.05, 3.63) is 77.1 Å². The fraction of sp³-hybridized carbons (Fsp3) is 0.136. The van der Waals surface area contributed by atoms with Gasteiger partial charge in [-0.3, -0.25) is 9.59 Å². The number of halogens is 2. The fourth-order valence-corrected chi connectivity index (χ4v) is 3.75. The van der Waals surface area contributed by atoms with E-state index in [2.05, 4.69) is 5.32 Å². The average molecular weight is 441 g/mol. The molecule has 0 unspecified atom stereocenters. The SMILES string of the molecule is NC(=O)COc1ccc([C@@H]2CC(=O)Nc3c(C(=O)O)cn(-c4cc(F)cc(F)c4)c32)cc1. The van der Waals surface area contributed by atoms with Crippen molar-refractivity contribution in [3.63, 3.8) is 0 Å². The van der Waals surface area contributed by atoms with Crippen LogP contribution in [0.3, 0.4) is 0 Å². The number of amides is 2. The van der Waals surface area contributed by atoms with E-state index in [-0.39, 0.29) is 30.0 Å². The summed E-state index contributed by atoms with van der Waals surface area (Å²) in [4.78, 5) is 35.1. The number of nitrogens with one attached hydrogen (secondary N) is 1. The van der Waals surface area contributed by atoms with Crippen LogP contribution in [-0.4, -0.2) is 34.1 Å². The van der Waals surface area contributed by atoms with Crippen molar-refractivity contribution in [3.8, 4) is 11.4 Å². The van der Waals surface area contributed by atoms with Gasteiger partial charge in [-0.1, -0.05) is 12.1 Å². The topological polar surface area (TPSA) is 124 Å². The molecule has 0 saturated heterocycles. The summed E-state index contributed by atoms with van der Waals surface area (Å²) in [5.74, 6) is -4.22. The maximum atomic E-state index is 13.9. The van der Waals surface area contributed by atoms with Gasteiger partial charge in [-0.15, -0.1) is 0 Å². The normalized spacial score (nSPS) is 15.1. The van der Waals surface area contributed by atoms with Gasteiger partial charge in [-0.25, -0.2) is 13.6 Å². The molecule has 8 nitrogen and oxygen atoms in total. The summed E-state index contributed by atoms with van der Waals surface area (Å²) in [6, 6.07) is 9.34. The van der Waals surface area contributed by atoms with E-state index in [4.69, 9.17) is 10.5 Å². The van der Waals surface area contributed by atoms with Crippen LogP contribution < -0.4 is 15.8 Å². The third-order valence-electron chi connectivity index (χ3n) is 5.05. The van der Waals surface area contributed by atoms with E-state index >= 15 is 0 Å². The first-order valence-electron chi connectivity index (χ1n) is 9.49. The molecule has 4 rings (SSSR count). The van der Waals surface area contributed by atoms with Crippen LogP contribution in [0, 0.1) is 11.6 Å². The number of nitrogens with two attached hydrogens (primary N) is 1. The van der Waals surface area contributed by atoms with Crippen molar-refractivity contribution in [2.45, 2.75) is 12.3 Å². The predicted octanol–water partition coefficient (Wildman–Crippen LogP) is 2.79. The van der Waals surface area contributed by atoms with Gasteiger partial charge in [0.15, 0.2) is 6.61 Å². The number of carboxylic acid groups (broad SMARTS) is 1. The van der Waals surface area contributed by atoms with Gasteiger partial charge < -0.3 is 25.5 Å². The summed E-state index contributed by atoms with van der Waals surface area (Å²) in [6.07, 6.45) is 1.21.